The molecular formula is C11H15NO2. The van der Waals surface area contributed by atoms with Crippen molar-refractivity contribution in [1.82, 2.24) is 0 Å². The summed E-state index contributed by atoms with van der Waals surface area (Å²) in [5.41, 5.74) is 1.52. The second-order valence-electron chi connectivity index (χ2n) is 3.31. The summed E-state index contributed by atoms with van der Waals surface area (Å²) < 4.78 is 5.15. The zero-order valence-corrected chi connectivity index (χ0v) is 9.00. The van der Waals surface area contributed by atoms with Gasteiger partial charge < -0.3 is 9.64 Å². The molecular weight excluding hydrogens is 178 g/mol. The Bertz CT molecular complexity index is 345. The Labute approximate surface area is 84.3 Å². The van der Waals surface area contributed by atoms with Crippen molar-refractivity contribution in [1.29, 1.82) is 0 Å². The number of nitrogens with zero attached hydrogens (tertiary/aromatic N) is 1. The Hall–Kier alpha value is -1.51. The van der Waals surface area contributed by atoms with Gasteiger partial charge in [-0.25, -0.2) is 0 Å². The Morgan fingerprint density at radius 3 is 2.43 bits per heavy atom. The van der Waals surface area contributed by atoms with Crippen LogP contribution in [0.25, 0.3) is 0 Å². The summed E-state index contributed by atoms with van der Waals surface area (Å²) in [6, 6.07) is 5.57. The van der Waals surface area contributed by atoms with E-state index in [-0.39, 0.29) is 5.78 Å². The van der Waals surface area contributed by atoms with Gasteiger partial charge in [-0.15, -0.1) is 0 Å². The standard InChI is InChI=1S/C11H15NO2/c1-8(13)11-9(12(2)3)6-5-7-10(11)14-4/h5-7H,1-4H3. The largest absolute Gasteiger partial charge is 0.496 e. The lowest BCUT2D eigenvalue weighted by molar-refractivity contribution is 0.101. The van der Waals surface area contributed by atoms with Gasteiger partial charge in [-0.2, -0.15) is 0 Å². The molecule has 0 saturated heterocycles. The molecule has 1 rings (SSSR count). The van der Waals surface area contributed by atoms with Crippen LogP contribution < -0.4 is 9.64 Å². The highest BCUT2D eigenvalue weighted by atomic mass is 16.5. The van der Waals surface area contributed by atoms with Crippen LogP contribution in [-0.2, 0) is 0 Å². The van der Waals surface area contributed by atoms with Crippen LogP contribution in [0, 0.1) is 0 Å². The van der Waals surface area contributed by atoms with Crippen LogP contribution in [0.1, 0.15) is 17.3 Å². The molecule has 0 unspecified atom stereocenters. The maximum absolute atomic E-state index is 11.4. The molecule has 0 aliphatic carbocycles. The van der Waals surface area contributed by atoms with Gasteiger partial charge in [-0.3, -0.25) is 4.79 Å². The number of hydrogen-bond acceptors (Lipinski definition) is 3. The molecule has 0 atom stereocenters. The molecule has 0 saturated carbocycles. The van der Waals surface area contributed by atoms with Crippen LogP contribution >= 0.6 is 0 Å². The lowest BCUT2D eigenvalue weighted by Crippen LogP contribution is -2.13. The van der Waals surface area contributed by atoms with E-state index in [9.17, 15) is 4.79 Å². The number of benzene rings is 1. The predicted octanol–water partition coefficient (Wildman–Crippen LogP) is 1.96. The minimum atomic E-state index is 0.0196. The topological polar surface area (TPSA) is 29.5 Å². The molecule has 1 aromatic carbocycles. The maximum Gasteiger partial charge on any atom is 0.165 e. The number of carbonyl (C=O) groups excluding carboxylic acids is 1. The van der Waals surface area contributed by atoms with Crippen molar-refractivity contribution >= 4 is 11.5 Å². The van der Waals surface area contributed by atoms with Gasteiger partial charge in [0.2, 0.25) is 0 Å². The Morgan fingerprint density at radius 2 is 2.00 bits per heavy atom. The predicted molar refractivity (Wildman–Crippen MR) is 57.3 cm³/mol. The number of ether oxygens (including phenoxy) is 1. The monoisotopic (exact) mass is 193 g/mol. The average Bonchev–Trinajstić information content (AvgIpc) is 2.16. The first-order chi connectivity index (χ1) is 6.57. The third-order valence-electron chi connectivity index (χ3n) is 2.06. The fourth-order valence-corrected chi connectivity index (χ4v) is 1.42. The minimum absolute atomic E-state index is 0.0196. The van der Waals surface area contributed by atoms with E-state index in [1.54, 1.807) is 20.1 Å². The molecule has 0 heterocycles. The molecule has 0 fully saturated rings. The summed E-state index contributed by atoms with van der Waals surface area (Å²) in [4.78, 5) is 13.3. The van der Waals surface area contributed by atoms with Crippen LogP contribution in [0.5, 0.6) is 5.75 Å². The molecule has 3 heteroatoms. The third kappa shape index (κ3) is 1.87. The van der Waals surface area contributed by atoms with Crippen LogP contribution in [0.4, 0.5) is 5.69 Å². The summed E-state index contributed by atoms with van der Waals surface area (Å²) in [5.74, 6) is 0.648. The van der Waals surface area contributed by atoms with E-state index in [0.29, 0.717) is 11.3 Å². The zero-order chi connectivity index (χ0) is 10.7. The second kappa shape index (κ2) is 4.13. The fourth-order valence-electron chi connectivity index (χ4n) is 1.42. The van der Waals surface area contributed by atoms with Gasteiger partial charge in [0, 0.05) is 14.1 Å². The van der Waals surface area contributed by atoms with E-state index in [2.05, 4.69) is 0 Å². The normalized spacial score (nSPS) is 9.71. The molecule has 0 aliphatic heterocycles. The van der Waals surface area contributed by atoms with E-state index >= 15 is 0 Å². The van der Waals surface area contributed by atoms with Crippen molar-refractivity contribution in [3.63, 3.8) is 0 Å². The third-order valence-corrected chi connectivity index (χ3v) is 2.06. The van der Waals surface area contributed by atoms with Crippen LogP contribution in [0.3, 0.4) is 0 Å². The Morgan fingerprint density at radius 1 is 1.36 bits per heavy atom. The minimum Gasteiger partial charge on any atom is -0.496 e. The number of Topliss-reactive ketones (excluding diaryl/α,β-unsaturated/α-hetero) is 1. The van der Waals surface area contributed by atoms with Crippen molar-refractivity contribution in [3.8, 4) is 5.75 Å². The van der Waals surface area contributed by atoms with Gasteiger partial charge in [0.25, 0.3) is 0 Å². The molecule has 3 nitrogen and oxygen atoms in total. The molecule has 0 N–H and O–H groups in total. The number of anilines is 1. The summed E-state index contributed by atoms with van der Waals surface area (Å²) in [5, 5.41) is 0. The number of methoxy groups -OCH3 is 1. The summed E-state index contributed by atoms with van der Waals surface area (Å²) >= 11 is 0. The molecule has 0 aliphatic rings. The number of rotatable bonds is 3. The molecule has 76 valence electrons. The highest BCUT2D eigenvalue weighted by Crippen LogP contribution is 2.28. The summed E-state index contributed by atoms with van der Waals surface area (Å²) in [7, 11) is 5.38. The van der Waals surface area contributed by atoms with Crippen molar-refractivity contribution in [2.45, 2.75) is 6.92 Å². The van der Waals surface area contributed by atoms with Crippen LogP contribution in [-0.4, -0.2) is 27.0 Å². The van der Waals surface area contributed by atoms with Crippen LogP contribution in [0.15, 0.2) is 18.2 Å². The van der Waals surface area contributed by atoms with Gasteiger partial charge >= 0.3 is 0 Å². The maximum atomic E-state index is 11.4. The second-order valence-corrected chi connectivity index (χ2v) is 3.31. The van der Waals surface area contributed by atoms with Crippen molar-refractivity contribution in [2.24, 2.45) is 0 Å². The number of ketones is 1. The van der Waals surface area contributed by atoms with E-state index in [1.165, 1.54) is 0 Å². The molecule has 0 amide bonds. The zero-order valence-electron chi connectivity index (χ0n) is 9.00. The van der Waals surface area contributed by atoms with E-state index in [1.807, 2.05) is 31.1 Å². The van der Waals surface area contributed by atoms with Crippen molar-refractivity contribution < 1.29 is 9.53 Å². The van der Waals surface area contributed by atoms with Gasteiger partial charge in [0.15, 0.2) is 5.78 Å². The first-order valence-electron chi connectivity index (χ1n) is 4.43. The van der Waals surface area contributed by atoms with Gasteiger partial charge in [-0.1, -0.05) is 6.07 Å². The molecule has 14 heavy (non-hydrogen) atoms. The highest BCUT2D eigenvalue weighted by Gasteiger charge is 2.14. The van der Waals surface area contributed by atoms with Gasteiger partial charge in [0.05, 0.1) is 18.4 Å². The molecule has 0 spiro atoms. The van der Waals surface area contributed by atoms with Crippen LogP contribution in [0.2, 0.25) is 0 Å². The average molecular weight is 193 g/mol. The molecule has 0 radical (unpaired) electrons. The van der Waals surface area contributed by atoms with E-state index in [4.69, 9.17) is 4.74 Å². The molecule has 0 aromatic heterocycles. The SMILES string of the molecule is COc1cccc(N(C)C)c1C(C)=O. The Balaban J connectivity index is 3.35. The lowest BCUT2D eigenvalue weighted by atomic mass is 10.1. The smallest absolute Gasteiger partial charge is 0.165 e. The van der Waals surface area contributed by atoms with Crippen molar-refractivity contribution in [2.75, 3.05) is 26.1 Å². The lowest BCUT2D eigenvalue weighted by Gasteiger charge is -2.17. The first-order valence-corrected chi connectivity index (χ1v) is 4.43. The van der Waals surface area contributed by atoms with E-state index < -0.39 is 0 Å². The first kappa shape index (κ1) is 10.6. The summed E-state index contributed by atoms with van der Waals surface area (Å²) in [6.07, 6.45) is 0. The molecule has 1 aromatic rings. The van der Waals surface area contributed by atoms with Gasteiger partial charge in [-0.05, 0) is 19.1 Å². The molecule has 0 bridgehead atoms. The number of carbonyl (C=O) groups is 1. The van der Waals surface area contributed by atoms with Crippen molar-refractivity contribution in [3.05, 3.63) is 23.8 Å². The fraction of sp³-hybridized carbons (Fsp3) is 0.364. The van der Waals surface area contributed by atoms with E-state index in [0.717, 1.165) is 5.69 Å². The highest BCUT2D eigenvalue weighted by molar-refractivity contribution is 6.02. The number of hydrogen-bond donors (Lipinski definition) is 0. The quantitative estimate of drug-likeness (QED) is 0.687. The van der Waals surface area contributed by atoms with Gasteiger partial charge in [0.1, 0.15) is 5.75 Å². The summed E-state index contributed by atoms with van der Waals surface area (Å²) in [6.45, 7) is 1.55. The Kier molecular flexibility index (Phi) is 3.12.